The fourth-order valence-electron chi connectivity index (χ4n) is 5.71. The number of benzene rings is 1. The number of aromatic nitrogens is 1. The number of pyridine rings is 1. The summed E-state index contributed by atoms with van der Waals surface area (Å²) in [6, 6.07) is 1.62. The van der Waals surface area contributed by atoms with Gasteiger partial charge in [-0.25, -0.2) is 8.78 Å². The molecular weight excluding hydrogens is 474 g/mol. The van der Waals surface area contributed by atoms with E-state index in [1.807, 2.05) is 6.92 Å². The number of fused-ring (bicyclic) bond motifs is 5. The number of aryl methyl sites for hydroxylation is 1. The van der Waals surface area contributed by atoms with Crippen molar-refractivity contribution in [2.24, 2.45) is 5.41 Å². The first-order chi connectivity index (χ1) is 17.0. The van der Waals surface area contributed by atoms with Crippen LogP contribution in [-0.4, -0.2) is 51.4 Å². The van der Waals surface area contributed by atoms with Crippen molar-refractivity contribution in [1.82, 2.24) is 20.1 Å². The number of hydrogen-bond acceptors (Lipinski definition) is 5. The van der Waals surface area contributed by atoms with E-state index in [0.717, 1.165) is 12.1 Å². The summed E-state index contributed by atoms with van der Waals surface area (Å²) in [5.41, 5.74) is -2.30. The van der Waals surface area contributed by atoms with Crippen LogP contribution in [0.3, 0.4) is 0 Å². The lowest BCUT2D eigenvalue weighted by Crippen LogP contribution is -2.50. The lowest BCUT2D eigenvalue weighted by atomic mass is 9.75. The van der Waals surface area contributed by atoms with E-state index >= 15 is 0 Å². The van der Waals surface area contributed by atoms with Crippen molar-refractivity contribution < 1.29 is 28.3 Å². The minimum atomic E-state index is -1.06. The number of nitrogens with zero attached hydrogens (tertiary/aromatic N) is 2. The second-order valence-electron chi connectivity index (χ2n) is 10.0. The zero-order chi connectivity index (χ0) is 25.9. The van der Waals surface area contributed by atoms with Gasteiger partial charge in [0.2, 0.25) is 11.3 Å². The Bertz CT molecular complexity index is 1350. The van der Waals surface area contributed by atoms with E-state index in [4.69, 9.17) is 0 Å². The Morgan fingerprint density at radius 1 is 1.25 bits per heavy atom. The normalized spacial score (nSPS) is 24.9. The van der Waals surface area contributed by atoms with Gasteiger partial charge in [-0.2, -0.15) is 0 Å². The summed E-state index contributed by atoms with van der Waals surface area (Å²) < 4.78 is 29.9. The molecule has 3 atom stereocenters. The van der Waals surface area contributed by atoms with Gasteiger partial charge < -0.3 is 25.2 Å². The van der Waals surface area contributed by atoms with Crippen LogP contribution in [-0.2, 0) is 11.3 Å². The van der Waals surface area contributed by atoms with Crippen LogP contribution in [0.4, 0.5) is 8.78 Å². The first-order valence-electron chi connectivity index (χ1n) is 11.8. The topological polar surface area (TPSA) is 121 Å². The summed E-state index contributed by atoms with van der Waals surface area (Å²) in [5.74, 6) is -4.14. The third-order valence-electron chi connectivity index (χ3n) is 7.78. The Morgan fingerprint density at radius 3 is 2.58 bits per heavy atom. The summed E-state index contributed by atoms with van der Waals surface area (Å²) >= 11 is 0. The van der Waals surface area contributed by atoms with Crippen molar-refractivity contribution in [1.29, 1.82) is 0 Å². The minimum Gasteiger partial charge on any atom is -0.503 e. The van der Waals surface area contributed by atoms with Crippen molar-refractivity contribution in [3.05, 3.63) is 62.6 Å². The predicted octanol–water partition coefficient (Wildman–Crippen LogP) is 1.76. The first kappa shape index (κ1) is 24.0. The number of rotatable bonds is 3. The second kappa shape index (κ2) is 8.42. The van der Waals surface area contributed by atoms with Gasteiger partial charge in [0, 0.05) is 49.3 Å². The maximum absolute atomic E-state index is 14.2. The zero-order valence-electron chi connectivity index (χ0n) is 19.9. The SMILES string of the molecule is Cc1cc(F)c(CNC(=O)c2cn3c(c(O)c2=O)C(=O)N2C[C@@H]3[C@]3(CC[C@@H]2C)CNC(=O)C3)c(F)c1. The van der Waals surface area contributed by atoms with Crippen LogP contribution in [0.1, 0.15) is 64.2 Å². The molecule has 0 aliphatic carbocycles. The van der Waals surface area contributed by atoms with Gasteiger partial charge in [-0.05, 0) is 44.4 Å². The quantitative estimate of drug-likeness (QED) is 0.593. The third kappa shape index (κ3) is 3.64. The average Bonchev–Trinajstić information content (AvgIpc) is 3.14. The maximum Gasteiger partial charge on any atom is 0.274 e. The number of carbonyl (C=O) groups excluding carboxylic acids is 3. The molecule has 3 N–H and O–H groups in total. The smallest absolute Gasteiger partial charge is 0.274 e. The Kier molecular flexibility index (Phi) is 5.60. The van der Waals surface area contributed by atoms with E-state index in [-0.39, 0.29) is 36.2 Å². The predicted molar refractivity (Wildman–Crippen MR) is 123 cm³/mol. The molecule has 4 heterocycles. The van der Waals surface area contributed by atoms with Crippen LogP contribution in [0.2, 0.25) is 0 Å². The molecule has 1 aromatic carbocycles. The van der Waals surface area contributed by atoms with E-state index in [0.29, 0.717) is 24.9 Å². The first-order valence-corrected chi connectivity index (χ1v) is 11.8. The van der Waals surface area contributed by atoms with E-state index < -0.39 is 58.2 Å². The number of halogens is 2. The highest BCUT2D eigenvalue weighted by Gasteiger charge is 2.52. The van der Waals surface area contributed by atoms with Crippen LogP contribution >= 0.6 is 0 Å². The largest absolute Gasteiger partial charge is 0.503 e. The monoisotopic (exact) mass is 500 g/mol. The Labute approximate surface area is 205 Å². The Morgan fingerprint density at radius 2 is 1.94 bits per heavy atom. The highest BCUT2D eigenvalue weighted by molar-refractivity contribution is 5.99. The van der Waals surface area contributed by atoms with Crippen molar-refractivity contribution in [2.45, 2.75) is 51.7 Å². The molecule has 3 aliphatic heterocycles. The number of hydrogen-bond donors (Lipinski definition) is 3. The summed E-state index contributed by atoms with van der Waals surface area (Å²) in [7, 11) is 0. The van der Waals surface area contributed by atoms with E-state index in [1.54, 1.807) is 4.90 Å². The third-order valence-corrected chi connectivity index (χ3v) is 7.78. The number of carbonyl (C=O) groups is 3. The van der Waals surface area contributed by atoms with Crippen LogP contribution in [0.25, 0.3) is 0 Å². The molecule has 2 fully saturated rings. The number of aromatic hydroxyl groups is 1. The van der Waals surface area contributed by atoms with Crippen molar-refractivity contribution in [3.8, 4) is 5.75 Å². The molecule has 0 saturated carbocycles. The average molecular weight is 501 g/mol. The molecule has 3 aliphatic rings. The molecule has 3 amide bonds. The Balaban J connectivity index is 1.55. The molecule has 9 nitrogen and oxygen atoms in total. The van der Waals surface area contributed by atoms with Crippen molar-refractivity contribution in [2.75, 3.05) is 13.1 Å². The maximum atomic E-state index is 14.2. The Hall–Kier alpha value is -3.76. The van der Waals surface area contributed by atoms with Gasteiger partial charge in [-0.1, -0.05) is 0 Å². The summed E-state index contributed by atoms with van der Waals surface area (Å²) in [4.78, 5) is 53.0. The molecule has 1 spiro atoms. The molecule has 2 bridgehead atoms. The van der Waals surface area contributed by atoms with Gasteiger partial charge in [0.1, 0.15) is 17.2 Å². The lowest BCUT2D eigenvalue weighted by molar-refractivity contribution is -0.119. The van der Waals surface area contributed by atoms with Gasteiger partial charge in [0.25, 0.3) is 11.8 Å². The molecule has 190 valence electrons. The molecule has 0 unspecified atom stereocenters. The summed E-state index contributed by atoms with van der Waals surface area (Å²) in [5, 5.41) is 16.0. The van der Waals surface area contributed by atoms with E-state index in [1.165, 1.54) is 17.7 Å². The van der Waals surface area contributed by atoms with Gasteiger partial charge in [-0.15, -0.1) is 0 Å². The highest BCUT2D eigenvalue weighted by atomic mass is 19.1. The number of amides is 3. The molecule has 1 aromatic heterocycles. The molecule has 5 rings (SSSR count). The molecular formula is C25H26F2N4O5. The molecule has 0 radical (unpaired) electrons. The zero-order valence-corrected chi connectivity index (χ0v) is 19.9. The molecule has 36 heavy (non-hydrogen) atoms. The summed E-state index contributed by atoms with van der Waals surface area (Å²) in [6.45, 7) is 3.52. The van der Waals surface area contributed by atoms with Crippen LogP contribution < -0.4 is 16.1 Å². The van der Waals surface area contributed by atoms with E-state index in [2.05, 4.69) is 10.6 Å². The minimum absolute atomic E-state index is 0.125. The van der Waals surface area contributed by atoms with Gasteiger partial charge >= 0.3 is 0 Å². The second-order valence-corrected chi connectivity index (χ2v) is 10.0. The molecule has 2 saturated heterocycles. The standard InChI is InChI=1S/C25H26F2N4O5/c1-12-5-16(26)14(17(27)6-12)8-28-23(35)15-9-31-18-10-30(24(36)20(31)22(34)21(15)33)13(2)3-4-25(18)7-19(32)29-11-25/h5-6,9,13,18,34H,3-4,7-8,10-11H2,1-2H3,(H,28,35)(H,29,32)/t13-,18+,25-/m0/s1. The van der Waals surface area contributed by atoms with Gasteiger partial charge in [-0.3, -0.25) is 19.2 Å². The van der Waals surface area contributed by atoms with Crippen LogP contribution in [0.15, 0.2) is 23.1 Å². The lowest BCUT2D eigenvalue weighted by Gasteiger charge is -2.42. The van der Waals surface area contributed by atoms with Gasteiger partial charge in [0.05, 0.1) is 6.04 Å². The summed E-state index contributed by atoms with van der Waals surface area (Å²) in [6.07, 6.45) is 2.69. The molecule has 11 heteroatoms. The van der Waals surface area contributed by atoms with Crippen LogP contribution in [0, 0.1) is 24.0 Å². The fraction of sp³-hybridized carbons (Fsp3) is 0.440. The van der Waals surface area contributed by atoms with Crippen molar-refractivity contribution >= 4 is 17.7 Å². The molecule has 2 aromatic rings. The van der Waals surface area contributed by atoms with Crippen molar-refractivity contribution in [3.63, 3.8) is 0 Å². The van der Waals surface area contributed by atoms with E-state index in [9.17, 15) is 33.1 Å². The number of nitrogens with one attached hydrogen (secondary N) is 2. The fourth-order valence-corrected chi connectivity index (χ4v) is 5.71. The van der Waals surface area contributed by atoms with Crippen LogP contribution in [0.5, 0.6) is 5.75 Å². The van der Waals surface area contributed by atoms with Gasteiger partial charge in [0.15, 0.2) is 11.4 Å². The highest BCUT2D eigenvalue weighted by Crippen LogP contribution is 2.48.